The van der Waals surface area contributed by atoms with E-state index < -0.39 is 11.8 Å². The Morgan fingerprint density at radius 2 is 1.04 bits per heavy atom. The van der Waals surface area contributed by atoms with Crippen LogP contribution < -0.4 is 16.0 Å². The summed E-state index contributed by atoms with van der Waals surface area (Å²) < 4.78 is 0. The van der Waals surface area contributed by atoms with Crippen molar-refractivity contribution in [1.82, 2.24) is 25.8 Å². The van der Waals surface area contributed by atoms with E-state index in [0.717, 1.165) is 25.7 Å². The van der Waals surface area contributed by atoms with Crippen molar-refractivity contribution in [3.63, 3.8) is 0 Å². The summed E-state index contributed by atoms with van der Waals surface area (Å²) in [6, 6.07) is 26.8. The van der Waals surface area contributed by atoms with Crippen LogP contribution in [0.25, 0.3) is 0 Å². The summed E-state index contributed by atoms with van der Waals surface area (Å²) in [6.07, 6.45) is 12.0. The molecular weight excluding hydrogens is 715 g/mol. The molecule has 302 valence electrons. The van der Waals surface area contributed by atoms with Crippen molar-refractivity contribution in [2.75, 3.05) is 32.7 Å². The highest BCUT2D eigenvalue weighted by Crippen LogP contribution is 2.42. The highest BCUT2D eigenvalue weighted by atomic mass is 16.2. The molecule has 2 aliphatic heterocycles. The number of nitrogens with one attached hydrogen (secondary N) is 3. The van der Waals surface area contributed by atoms with Gasteiger partial charge in [-0.05, 0) is 61.1 Å². The maximum absolute atomic E-state index is 13.9. The number of benzene rings is 3. The van der Waals surface area contributed by atoms with Crippen LogP contribution in [0.5, 0.6) is 0 Å². The Balaban J connectivity index is 0.916. The monoisotopic (exact) mass is 773 g/mol. The molecule has 10 heteroatoms. The largest absolute Gasteiger partial charge is 0.356 e. The van der Waals surface area contributed by atoms with Crippen LogP contribution in [-0.4, -0.2) is 84.1 Å². The lowest BCUT2D eigenvalue weighted by atomic mass is 9.94. The second kappa shape index (κ2) is 19.0. The van der Waals surface area contributed by atoms with Crippen LogP contribution in [0, 0.1) is 17.8 Å². The number of hydrogen-bond acceptors (Lipinski definition) is 5. The minimum absolute atomic E-state index is 0.00400. The quantitative estimate of drug-likeness (QED) is 0.128. The molecular formula is C47H59N5O5. The summed E-state index contributed by atoms with van der Waals surface area (Å²) in [5.74, 6) is -1.91. The van der Waals surface area contributed by atoms with Crippen molar-refractivity contribution in [1.29, 1.82) is 0 Å². The Morgan fingerprint density at radius 1 is 0.561 bits per heavy atom. The standard InChI is InChI=1S/C47H59N5O5/c1-2-3-4-5-6-7-8-15-25-48-43(53)36-24-26-51(29-36)46(56)34-20-22-35(23-21-34)47(57)52-30-39(44(54)49-41-27-37(41)32-16-11-9-12-17-32)40(31-52)45(55)50-42-28-38(42)33-18-13-10-14-19-33/h9-14,16-23,36-42H,2-8,15,24-31H2,1H3,(H,48,53)(H,49,54)(H,50,55)/t36-,37+,38+,39+,40+,41-,42-/m0/s1. The summed E-state index contributed by atoms with van der Waals surface area (Å²) in [7, 11) is 0. The Kier molecular flexibility index (Phi) is 13.4. The minimum Gasteiger partial charge on any atom is -0.356 e. The number of nitrogens with zero attached hydrogens (tertiary/aromatic N) is 2. The number of carbonyl (C=O) groups is 5. The SMILES string of the molecule is CCCCCCCCCCNC(=O)[C@H]1CCN(C(=O)c2ccc(C(=O)N3C[C@@H](C(=O)N[C@H]4C[C@@H]4c4ccccc4)[C@H](C(=O)N[C@H]4C[C@@H]4c4ccccc4)C3)cc2)C1. The van der Waals surface area contributed by atoms with Gasteiger partial charge in [0.1, 0.15) is 0 Å². The van der Waals surface area contributed by atoms with E-state index in [0.29, 0.717) is 37.2 Å². The molecule has 2 heterocycles. The first-order chi connectivity index (χ1) is 27.8. The van der Waals surface area contributed by atoms with Gasteiger partial charge in [0, 0.05) is 67.8 Å². The lowest BCUT2D eigenvalue weighted by molar-refractivity contribution is -0.133. The summed E-state index contributed by atoms with van der Waals surface area (Å²) >= 11 is 0. The normalized spacial score (nSPS) is 24.8. The van der Waals surface area contributed by atoms with Crippen LogP contribution in [0.4, 0.5) is 0 Å². The van der Waals surface area contributed by atoms with Crippen molar-refractivity contribution in [2.24, 2.45) is 17.8 Å². The summed E-state index contributed by atoms with van der Waals surface area (Å²) in [4.78, 5) is 71.2. The smallest absolute Gasteiger partial charge is 0.253 e. The predicted octanol–water partition coefficient (Wildman–Crippen LogP) is 6.44. The number of amides is 5. The van der Waals surface area contributed by atoms with Crippen LogP contribution in [0.2, 0.25) is 0 Å². The second-order valence-electron chi connectivity index (χ2n) is 16.7. The van der Waals surface area contributed by atoms with E-state index >= 15 is 0 Å². The third-order valence-corrected chi connectivity index (χ3v) is 12.5. The molecule has 7 atom stereocenters. The van der Waals surface area contributed by atoms with Gasteiger partial charge in [-0.15, -0.1) is 0 Å². The average Bonchev–Trinajstić information content (AvgIpc) is 4.06. The van der Waals surface area contributed by atoms with Gasteiger partial charge in [0.25, 0.3) is 11.8 Å². The minimum atomic E-state index is -0.679. The van der Waals surface area contributed by atoms with Crippen molar-refractivity contribution < 1.29 is 24.0 Å². The second-order valence-corrected chi connectivity index (χ2v) is 16.7. The van der Waals surface area contributed by atoms with Gasteiger partial charge >= 0.3 is 0 Å². The Bertz CT molecular complexity index is 1780. The van der Waals surface area contributed by atoms with Gasteiger partial charge in [-0.2, -0.15) is 0 Å². The van der Waals surface area contributed by atoms with Gasteiger partial charge in [-0.25, -0.2) is 0 Å². The van der Waals surface area contributed by atoms with E-state index in [1.165, 1.54) is 49.7 Å². The zero-order chi connectivity index (χ0) is 39.7. The fourth-order valence-electron chi connectivity index (χ4n) is 8.82. The molecule has 3 N–H and O–H groups in total. The first-order valence-electron chi connectivity index (χ1n) is 21.5. The average molecular weight is 774 g/mol. The van der Waals surface area contributed by atoms with E-state index in [9.17, 15) is 24.0 Å². The van der Waals surface area contributed by atoms with Crippen molar-refractivity contribution in [3.05, 3.63) is 107 Å². The maximum atomic E-state index is 13.9. The molecule has 3 aromatic carbocycles. The molecule has 0 bridgehead atoms. The van der Waals surface area contributed by atoms with Crippen LogP contribution >= 0.6 is 0 Å². The van der Waals surface area contributed by atoms with Crippen molar-refractivity contribution >= 4 is 29.5 Å². The van der Waals surface area contributed by atoms with Crippen LogP contribution in [0.3, 0.4) is 0 Å². The molecule has 7 rings (SSSR count). The summed E-state index contributed by atoms with van der Waals surface area (Å²) in [5.41, 5.74) is 3.21. The fraction of sp³-hybridized carbons (Fsp3) is 0.511. The highest BCUT2D eigenvalue weighted by molar-refractivity contribution is 5.99. The molecule has 2 saturated carbocycles. The van der Waals surface area contributed by atoms with E-state index in [1.54, 1.807) is 34.1 Å². The van der Waals surface area contributed by atoms with Gasteiger partial charge in [0.15, 0.2) is 0 Å². The van der Waals surface area contributed by atoms with E-state index in [2.05, 4.69) is 47.1 Å². The lowest BCUT2D eigenvalue weighted by Gasteiger charge is -2.18. The van der Waals surface area contributed by atoms with Crippen LogP contribution in [-0.2, 0) is 14.4 Å². The molecule has 4 fully saturated rings. The first kappa shape index (κ1) is 40.2. The zero-order valence-electron chi connectivity index (χ0n) is 33.4. The third-order valence-electron chi connectivity index (χ3n) is 12.5. The Morgan fingerprint density at radius 3 is 1.54 bits per heavy atom. The Hall–Kier alpha value is -4.99. The molecule has 57 heavy (non-hydrogen) atoms. The summed E-state index contributed by atoms with van der Waals surface area (Å²) in [5, 5.41) is 9.45. The van der Waals surface area contributed by atoms with Gasteiger partial charge in [0.2, 0.25) is 17.7 Å². The molecule has 0 spiro atoms. The number of hydrogen-bond donors (Lipinski definition) is 3. The molecule has 10 nitrogen and oxygen atoms in total. The third kappa shape index (κ3) is 10.3. The van der Waals surface area contributed by atoms with Crippen molar-refractivity contribution in [3.8, 4) is 0 Å². The van der Waals surface area contributed by atoms with Gasteiger partial charge in [0.05, 0.1) is 17.8 Å². The van der Waals surface area contributed by atoms with Crippen molar-refractivity contribution in [2.45, 2.75) is 101 Å². The number of likely N-dealkylation sites (tertiary alicyclic amines) is 2. The molecule has 2 aliphatic carbocycles. The van der Waals surface area contributed by atoms with Crippen LogP contribution in [0.15, 0.2) is 84.9 Å². The molecule has 4 aliphatic rings. The van der Waals surface area contributed by atoms with E-state index in [1.807, 2.05) is 36.4 Å². The van der Waals surface area contributed by atoms with E-state index in [4.69, 9.17) is 0 Å². The predicted molar refractivity (Wildman–Crippen MR) is 220 cm³/mol. The van der Waals surface area contributed by atoms with Gasteiger partial charge in [-0.1, -0.05) is 113 Å². The van der Waals surface area contributed by atoms with E-state index in [-0.39, 0.29) is 72.5 Å². The molecule has 2 saturated heterocycles. The zero-order valence-corrected chi connectivity index (χ0v) is 33.4. The first-order valence-corrected chi connectivity index (χ1v) is 21.5. The highest BCUT2D eigenvalue weighted by Gasteiger charge is 2.49. The molecule has 0 aromatic heterocycles. The molecule has 3 aromatic rings. The Labute approximate surface area is 337 Å². The number of carbonyl (C=O) groups excluding carboxylic acids is 5. The molecule has 0 unspecified atom stereocenters. The lowest BCUT2D eigenvalue weighted by Crippen LogP contribution is -2.43. The molecule has 5 amide bonds. The van der Waals surface area contributed by atoms with Gasteiger partial charge < -0.3 is 25.8 Å². The number of unbranched alkanes of at least 4 members (excludes halogenated alkanes) is 7. The maximum Gasteiger partial charge on any atom is 0.253 e. The van der Waals surface area contributed by atoms with Gasteiger partial charge in [-0.3, -0.25) is 24.0 Å². The topological polar surface area (TPSA) is 128 Å². The summed E-state index contributed by atoms with van der Waals surface area (Å²) in [6.45, 7) is 4.05. The number of rotatable bonds is 18. The fourth-order valence-corrected chi connectivity index (χ4v) is 8.82. The molecule has 0 radical (unpaired) electrons. The van der Waals surface area contributed by atoms with Crippen LogP contribution in [0.1, 0.15) is 121 Å².